The highest BCUT2D eigenvalue weighted by molar-refractivity contribution is 5.77. The Morgan fingerprint density at radius 1 is 1.24 bits per heavy atom. The van der Waals surface area contributed by atoms with Gasteiger partial charge in [0, 0.05) is 25.4 Å². The summed E-state index contributed by atoms with van der Waals surface area (Å²) >= 11 is 0. The molecule has 1 saturated carbocycles. The van der Waals surface area contributed by atoms with Gasteiger partial charge in [-0.15, -0.1) is 0 Å². The van der Waals surface area contributed by atoms with Gasteiger partial charge in [-0.3, -0.25) is 4.79 Å². The molecule has 6 nitrogen and oxygen atoms in total. The zero-order valence-electron chi connectivity index (χ0n) is 14.3. The fraction of sp³-hybridized carbons (Fsp3) is 0.526. The monoisotopic (exact) mass is 341 g/mol. The minimum atomic E-state index is 0.0396. The quantitative estimate of drug-likeness (QED) is 0.808. The van der Waals surface area contributed by atoms with Crippen LogP contribution >= 0.6 is 0 Å². The SMILES string of the molecule is O=C(COc1ccccc1)N1CCC[C@H](Cc2nc(C3CC3)no2)C1. The smallest absolute Gasteiger partial charge is 0.260 e. The first-order valence-electron chi connectivity index (χ1n) is 9.06. The zero-order chi connectivity index (χ0) is 17.1. The van der Waals surface area contributed by atoms with Crippen molar-refractivity contribution in [1.29, 1.82) is 0 Å². The predicted molar refractivity (Wildman–Crippen MR) is 91.2 cm³/mol. The molecule has 0 radical (unpaired) electrons. The van der Waals surface area contributed by atoms with Crippen molar-refractivity contribution in [2.45, 2.75) is 38.0 Å². The van der Waals surface area contributed by atoms with Gasteiger partial charge in [-0.05, 0) is 43.7 Å². The van der Waals surface area contributed by atoms with Gasteiger partial charge in [0.15, 0.2) is 12.4 Å². The topological polar surface area (TPSA) is 68.5 Å². The molecule has 1 saturated heterocycles. The summed E-state index contributed by atoms with van der Waals surface area (Å²) in [6.45, 7) is 1.62. The van der Waals surface area contributed by atoms with Crippen molar-refractivity contribution in [1.82, 2.24) is 15.0 Å². The lowest BCUT2D eigenvalue weighted by Crippen LogP contribution is -2.42. The molecular weight excluding hydrogens is 318 g/mol. The third-order valence-electron chi connectivity index (χ3n) is 4.87. The second kappa shape index (κ2) is 7.25. The minimum absolute atomic E-state index is 0.0396. The lowest BCUT2D eigenvalue weighted by Gasteiger charge is -2.32. The number of piperidine rings is 1. The Labute approximate surface area is 147 Å². The molecule has 2 aliphatic rings. The van der Waals surface area contributed by atoms with E-state index in [9.17, 15) is 4.79 Å². The molecule has 25 heavy (non-hydrogen) atoms. The zero-order valence-corrected chi connectivity index (χ0v) is 14.3. The molecule has 0 unspecified atom stereocenters. The minimum Gasteiger partial charge on any atom is -0.484 e. The Morgan fingerprint density at radius 3 is 2.88 bits per heavy atom. The Balaban J connectivity index is 1.28. The second-order valence-corrected chi connectivity index (χ2v) is 6.97. The molecule has 1 aromatic carbocycles. The van der Waals surface area contributed by atoms with Crippen LogP contribution in [-0.4, -0.2) is 40.6 Å². The number of hydrogen-bond acceptors (Lipinski definition) is 5. The first-order chi connectivity index (χ1) is 12.3. The number of amides is 1. The van der Waals surface area contributed by atoms with Crippen molar-refractivity contribution in [2.24, 2.45) is 5.92 Å². The van der Waals surface area contributed by atoms with Gasteiger partial charge in [-0.1, -0.05) is 23.4 Å². The van der Waals surface area contributed by atoms with E-state index >= 15 is 0 Å². The van der Waals surface area contributed by atoms with E-state index in [0.29, 0.717) is 17.7 Å². The van der Waals surface area contributed by atoms with E-state index in [1.807, 2.05) is 35.2 Å². The molecule has 2 heterocycles. The normalized spacial score (nSPS) is 20.5. The molecular formula is C19H23N3O3. The van der Waals surface area contributed by atoms with Crippen LogP contribution in [0.2, 0.25) is 0 Å². The Bertz CT molecular complexity index is 712. The molecule has 4 rings (SSSR count). The lowest BCUT2D eigenvalue weighted by molar-refractivity contribution is -0.135. The number of benzene rings is 1. The lowest BCUT2D eigenvalue weighted by atomic mass is 9.95. The fourth-order valence-corrected chi connectivity index (χ4v) is 3.32. The van der Waals surface area contributed by atoms with Gasteiger partial charge in [0.1, 0.15) is 5.75 Å². The summed E-state index contributed by atoms with van der Waals surface area (Å²) in [5.74, 6) is 3.22. The number of para-hydroxylation sites is 1. The van der Waals surface area contributed by atoms with Crippen LogP contribution in [0.3, 0.4) is 0 Å². The number of carbonyl (C=O) groups is 1. The number of rotatable bonds is 6. The summed E-state index contributed by atoms with van der Waals surface area (Å²) in [5, 5.41) is 4.07. The number of aromatic nitrogens is 2. The van der Waals surface area contributed by atoms with Crippen LogP contribution < -0.4 is 4.74 Å². The van der Waals surface area contributed by atoms with Gasteiger partial charge in [-0.25, -0.2) is 0 Å². The maximum absolute atomic E-state index is 12.4. The number of likely N-dealkylation sites (tertiary alicyclic amines) is 1. The first-order valence-corrected chi connectivity index (χ1v) is 9.06. The molecule has 1 amide bonds. The highest BCUT2D eigenvalue weighted by Gasteiger charge is 2.30. The average Bonchev–Trinajstić information content (AvgIpc) is 3.40. The summed E-state index contributed by atoms with van der Waals surface area (Å²) in [6.07, 6.45) is 5.19. The standard InChI is InChI=1S/C19H23N3O3/c23-18(13-24-16-6-2-1-3-7-16)22-10-4-5-14(12-22)11-17-20-19(21-25-17)15-8-9-15/h1-3,6-7,14-15H,4-5,8-13H2/t14-/m1/s1. The van der Waals surface area contributed by atoms with Crippen LogP contribution in [0.1, 0.15) is 43.3 Å². The molecule has 1 aliphatic heterocycles. The highest BCUT2D eigenvalue weighted by atomic mass is 16.5. The molecule has 0 N–H and O–H groups in total. The van der Waals surface area contributed by atoms with Gasteiger partial charge in [0.05, 0.1) is 0 Å². The molecule has 0 spiro atoms. The van der Waals surface area contributed by atoms with Crippen LogP contribution in [0.5, 0.6) is 5.75 Å². The van der Waals surface area contributed by atoms with Crippen LogP contribution in [0.15, 0.2) is 34.9 Å². The maximum Gasteiger partial charge on any atom is 0.260 e. The van der Waals surface area contributed by atoms with E-state index in [4.69, 9.17) is 9.26 Å². The van der Waals surface area contributed by atoms with Crippen LogP contribution in [-0.2, 0) is 11.2 Å². The second-order valence-electron chi connectivity index (χ2n) is 6.97. The fourth-order valence-electron chi connectivity index (χ4n) is 3.32. The van der Waals surface area contributed by atoms with Crippen molar-refractivity contribution in [3.05, 3.63) is 42.0 Å². The molecule has 2 fully saturated rings. The third kappa shape index (κ3) is 4.18. The molecule has 1 aliphatic carbocycles. The van der Waals surface area contributed by atoms with Gasteiger partial charge < -0.3 is 14.2 Å². The number of nitrogens with zero attached hydrogens (tertiary/aromatic N) is 3. The molecule has 1 aromatic heterocycles. The largest absolute Gasteiger partial charge is 0.484 e. The maximum atomic E-state index is 12.4. The Kier molecular flexibility index (Phi) is 4.68. The number of hydrogen-bond donors (Lipinski definition) is 0. The van der Waals surface area contributed by atoms with Gasteiger partial charge >= 0.3 is 0 Å². The van der Waals surface area contributed by atoms with Crippen molar-refractivity contribution >= 4 is 5.91 Å². The molecule has 2 aromatic rings. The summed E-state index contributed by atoms with van der Waals surface area (Å²) in [4.78, 5) is 18.8. The van der Waals surface area contributed by atoms with E-state index in [1.54, 1.807) is 0 Å². The van der Waals surface area contributed by atoms with Gasteiger partial charge in [-0.2, -0.15) is 4.98 Å². The number of ether oxygens (including phenoxy) is 1. The van der Waals surface area contributed by atoms with E-state index in [0.717, 1.165) is 43.9 Å². The van der Waals surface area contributed by atoms with E-state index in [2.05, 4.69) is 10.1 Å². The summed E-state index contributed by atoms with van der Waals surface area (Å²) in [6, 6.07) is 9.45. The third-order valence-corrected chi connectivity index (χ3v) is 4.87. The Hall–Kier alpha value is -2.37. The number of carbonyl (C=O) groups excluding carboxylic acids is 1. The van der Waals surface area contributed by atoms with E-state index < -0.39 is 0 Å². The first kappa shape index (κ1) is 16.1. The molecule has 1 atom stereocenters. The van der Waals surface area contributed by atoms with Crippen LogP contribution in [0.4, 0.5) is 0 Å². The molecule has 0 bridgehead atoms. The van der Waals surface area contributed by atoms with Crippen molar-refractivity contribution in [3.8, 4) is 5.75 Å². The van der Waals surface area contributed by atoms with Crippen LogP contribution in [0, 0.1) is 5.92 Å². The summed E-state index contributed by atoms with van der Waals surface area (Å²) in [5.41, 5.74) is 0. The van der Waals surface area contributed by atoms with Crippen molar-refractivity contribution in [2.75, 3.05) is 19.7 Å². The molecule has 6 heteroatoms. The van der Waals surface area contributed by atoms with Crippen LogP contribution in [0.25, 0.3) is 0 Å². The average molecular weight is 341 g/mol. The predicted octanol–water partition coefficient (Wildman–Crippen LogP) is 2.81. The summed E-state index contributed by atoms with van der Waals surface area (Å²) < 4.78 is 11.0. The van der Waals surface area contributed by atoms with Gasteiger partial charge in [0.2, 0.25) is 5.89 Å². The summed E-state index contributed by atoms with van der Waals surface area (Å²) in [7, 11) is 0. The highest BCUT2D eigenvalue weighted by Crippen LogP contribution is 2.38. The van der Waals surface area contributed by atoms with Crippen molar-refractivity contribution < 1.29 is 14.1 Å². The van der Waals surface area contributed by atoms with Crippen molar-refractivity contribution in [3.63, 3.8) is 0 Å². The van der Waals surface area contributed by atoms with E-state index in [-0.39, 0.29) is 12.5 Å². The van der Waals surface area contributed by atoms with Gasteiger partial charge in [0.25, 0.3) is 5.91 Å². The van der Waals surface area contributed by atoms with E-state index in [1.165, 1.54) is 12.8 Å². The Morgan fingerprint density at radius 2 is 2.08 bits per heavy atom. The molecule has 132 valence electrons.